The molecule has 3 fully saturated rings. The van der Waals surface area contributed by atoms with E-state index in [1.807, 2.05) is 0 Å². The van der Waals surface area contributed by atoms with Gasteiger partial charge in [-0.05, 0) is 68.1 Å². The summed E-state index contributed by atoms with van der Waals surface area (Å²) in [5.74, 6) is 0.00639. The summed E-state index contributed by atoms with van der Waals surface area (Å²) in [6.07, 6.45) is 11.3. The molecule has 7 heteroatoms. The Hall–Kier alpha value is -2.15. The van der Waals surface area contributed by atoms with Crippen molar-refractivity contribution in [2.24, 2.45) is 44.9 Å². The molecule has 0 unspecified atom stereocenters. The molecule has 4 rings (SSSR count). The normalized spacial score (nSPS) is 39.7. The maximum Gasteiger partial charge on any atom is 0.331 e. The zero-order chi connectivity index (χ0) is 24.7. The van der Waals surface area contributed by atoms with Gasteiger partial charge in [0.05, 0.1) is 5.71 Å². The summed E-state index contributed by atoms with van der Waals surface area (Å²) in [6, 6.07) is 0. The van der Waals surface area contributed by atoms with Gasteiger partial charge in [0.1, 0.15) is 12.7 Å². The van der Waals surface area contributed by atoms with E-state index in [4.69, 9.17) is 20.4 Å². The average molecular weight is 473 g/mol. The fourth-order valence-corrected chi connectivity index (χ4v) is 8.03. The lowest BCUT2D eigenvalue weighted by atomic mass is 9.45. The second-order valence-electron chi connectivity index (χ2n) is 11.7. The monoisotopic (exact) mass is 472 g/mol. The highest BCUT2D eigenvalue weighted by molar-refractivity contribution is 5.93. The molecule has 0 saturated heterocycles. The average Bonchev–Trinajstić information content (AvgIpc) is 3.10. The number of oxime groups is 1. The quantitative estimate of drug-likeness (QED) is 0.194. The second-order valence-corrected chi connectivity index (χ2v) is 11.7. The fraction of sp³-hybridized carbons (Fsp3) is 0.741. The lowest BCUT2D eigenvalue weighted by Gasteiger charge is -2.60. The lowest BCUT2D eigenvalue weighted by molar-refractivity contribution is -0.153. The fourth-order valence-electron chi connectivity index (χ4n) is 8.03. The van der Waals surface area contributed by atoms with Gasteiger partial charge in [0.25, 0.3) is 0 Å². The Kier molecular flexibility index (Phi) is 6.71. The third-order valence-corrected chi connectivity index (χ3v) is 9.66. The summed E-state index contributed by atoms with van der Waals surface area (Å²) in [4.78, 5) is 28.5. The SMILES string of the molecule is CC1(C)C2=CC[C@H]3[C@@H]4CC[C@H](OC(=O)/C=C/C(=O)O)[C@@]4(C)CC[C@@H]3[C@@]2(C)CC/C1=N\OCCN. The van der Waals surface area contributed by atoms with Crippen molar-refractivity contribution in [1.82, 2.24) is 0 Å². The van der Waals surface area contributed by atoms with E-state index in [1.54, 1.807) is 0 Å². The molecule has 0 aromatic heterocycles. The van der Waals surface area contributed by atoms with Crippen LogP contribution in [-0.2, 0) is 19.2 Å². The predicted octanol–water partition coefficient (Wildman–Crippen LogP) is 4.47. The Labute approximate surface area is 202 Å². The number of rotatable bonds is 6. The number of hydrogen-bond donors (Lipinski definition) is 2. The van der Waals surface area contributed by atoms with E-state index in [9.17, 15) is 9.59 Å². The number of ether oxygens (including phenoxy) is 1. The maximum atomic E-state index is 12.2. The molecule has 6 atom stereocenters. The first-order valence-electron chi connectivity index (χ1n) is 12.8. The van der Waals surface area contributed by atoms with Crippen molar-refractivity contribution < 1.29 is 24.3 Å². The van der Waals surface area contributed by atoms with Gasteiger partial charge in [-0.2, -0.15) is 0 Å². The number of allylic oxidation sites excluding steroid dienone is 2. The molecule has 0 spiro atoms. The van der Waals surface area contributed by atoms with Crippen LogP contribution in [0, 0.1) is 34.0 Å². The molecule has 4 aliphatic rings. The van der Waals surface area contributed by atoms with Gasteiger partial charge in [-0.3, -0.25) is 0 Å². The van der Waals surface area contributed by atoms with E-state index in [0.717, 1.165) is 62.8 Å². The van der Waals surface area contributed by atoms with E-state index in [2.05, 4.69) is 38.9 Å². The summed E-state index contributed by atoms with van der Waals surface area (Å²) in [5, 5.41) is 13.3. The van der Waals surface area contributed by atoms with Gasteiger partial charge in [0, 0.05) is 29.5 Å². The Morgan fingerprint density at radius 3 is 2.62 bits per heavy atom. The summed E-state index contributed by atoms with van der Waals surface area (Å²) in [7, 11) is 0. The van der Waals surface area contributed by atoms with Crippen molar-refractivity contribution in [3.05, 3.63) is 23.8 Å². The van der Waals surface area contributed by atoms with Crippen LogP contribution < -0.4 is 5.73 Å². The van der Waals surface area contributed by atoms with Crippen molar-refractivity contribution in [3.63, 3.8) is 0 Å². The van der Waals surface area contributed by atoms with Gasteiger partial charge in [-0.25, -0.2) is 9.59 Å². The van der Waals surface area contributed by atoms with Crippen molar-refractivity contribution >= 4 is 17.7 Å². The van der Waals surface area contributed by atoms with Crippen molar-refractivity contribution in [2.45, 2.75) is 78.7 Å². The van der Waals surface area contributed by atoms with Crippen LogP contribution in [0.25, 0.3) is 0 Å². The summed E-state index contributed by atoms with van der Waals surface area (Å²) >= 11 is 0. The number of esters is 1. The minimum Gasteiger partial charge on any atom is -0.478 e. The summed E-state index contributed by atoms with van der Waals surface area (Å²) < 4.78 is 5.80. The van der Waals surface area contributed by atoms with Gasteiger partial charge in [-0.1, -0.05) is 44.5 Å². The summed E-state index contributed by atoms with van der Waals surface area (Å²) in [6.45, 7) is 10.2. The Bertz CT molecular complexity index is 922. The number of carbonyl (C=O) groups is 2. The van der Waals surface area contributed by atoms with Gasteiger partial charge >= 0.3 is 11.9 Å². The van der Waals surface area contributed by atoms with Gasteiger partial charge < -0.3 is 20.4 Å². The zero-order valence-electron chi connectivity index (χ0n) is 21.0. The van der Waals surface area contributed by atoms with Crippen LogP contribution in [-0.4, -0.2) is 42.0 Å². The minimum absolute atomic E-state index is 0.0531. The molecule has 0 aromatic carbocycles. The van der Waals surface area contributed by atoms with E-state index < -0.39 is 11.9 Å². The molecular formula is C27H40N2O5. The zero-order valence-corrected chi connectivity index (χ0v) is 21.0. The molecule has 188 valence electrons. The van der Waals surface area contributed by atoms with Crippen LogP contribution in [0.4, 0.5) is 0 Å². The Balaban J connectivity index is 1.55. The van der Waals surface area contributed by atoms with Gasteiger partial charge in [0.2, 0.25) is 0 Å². The van der Waals surface area contributed by atoms with Crippen LogP contribution in [0.5, 0.6) is 0 Å². The number of nitrogens with zero attached hydrogens (tertiary/aromatic N) is 1. The number of nitrogens with two attached hydrogens (primary N) is 1. The molecule has 0 heterocycles. The molecule has 0 aromatic rings. The third kappa shape index (κ3) is 4.10. The van der Waals surface area contributed by atoms with E-state index in [-0.39, 0.29) is 22.3 Å². The first-order valence-corrected chi connectivity index (χ1v) is 12.8. The second kappa shape index (κ2) is 9.14. The van der Waals surface area contributed by atoms with Gasteiger partial charge in [0.15, 0.2) is 0 Å². The molecule has 3 saturated carbocycles. The van der Waals surface area contributed by atoms with Gasteiger partial charge in [-0.15, -0.1) is 0 Å². The third-order valence-electron chi connectivity index (χ3n) is 9.66. The highest BCUT2D eigenvalue weighted by Gasteiger charge is 2.61. The molecule has 0 amide bonds. The highest BCUT2D eigenvalue weighted by Crippen LogP contribution is 2.67. The minimum atomic E-state index is -1.14. The summed E-state index contributed by atoms with van der Waals surface area (Å²) in [5.41, 5.74) is 8.15. The molecular weight excluding hydrogens is 432 g/mol. The van der Waals surface area contributed by atoms with E-state index >= 15 is 0 Å². The van der Waals surface area contributed by atoms with Crippen molar-refractivity contribution in [1.29, 1.82) is 0 Å². The number of aliphatic carboxylic acids is 1. The highest BCUT2D eigenvalue weighted by atomic mass is 16.6. The van der Waals surface area contributed by atoms with E-state index in [0.29, 0.717) is 30.9 Å². The van der Waals surface area contributed by atoms with Crippen LogP contribution in [0.15, 0.2) is 29.0 Å². The number of carbonyl (C=O) groups excluding carboxylic acids is 1. The number of hydrogen-bond acceptors (Lipinski definition) is 6. The first kappa shape index (κ1) is 25.0. The Morgan fingerprint density at radius 1 is 1.15 bits per heavy atom. The molecule has 7 nitrogen and oxygen atoms in total. The standard InChI is InChI=1S/C27H40N2O5/c1-25(2)20-7-5-17-18-6-8-22(34-24(32)10-9-23(30)31)27(18,4)13-11-19(17)26(20,3)14-12-21(25)29-33-16-15-28/h7,9-10,17-19,22H,5-6,8,11-16,28H2,1-4H3,(H,30,31)/b10-9+,29-21+/t17-,18-,19-,22-,26+,27-/m0/s1. The van der Waals surface area contributed by atoms with Crippen LogP contribution in [0.2, 0.25) is 0 Å². The molecule has 0 radical (unpaired) electrons. The smallest absolute Gasteiger partial charge is 0.331 e. The molecule has 3 N–H and O–H groups in total. The number of carboxylic acids is 1. The molecule has 4 aliphatic carbocycles. The number of carboxylic acid groups (broad SMARTS) is 1. The van der Waals surface area contributed by atoms with Crippen LogP contribution >= 0.6 is 0 Å². The van der Waals surface area contributed by atoms with E-state index in [1.165, 1.54) is 5.57 Å². The lowest BCUT2D eigenvalue weighted by Crippen LogP contribution is -2.54. The predicted molar refractivity (Wildman–Crippen MR) is 130 cm³/mol. The topological polar surface area (TPSA) is 111 Å². The number of fused-ring (bicyclic) bond motifs is 5. The largest absolute Gasteiger partial charge is 0.478 e. The van der Waals surface area contributed by atoms with Crippen LogP contribution in [0.3, 0.4) is 0 Å². The molecule has 34 heavy (non-hydrogen) atoms. The molecule has 0 aliphatic heterocycles. The first-order chi connectivity index (χ1) is 16.0. The van der Waals surface area contributed by atoms with Crippen molar-refractivity contribution in [2.75, 3.05) is 13.2 Å². The maximum absolute atomic E-state index is 12.2. The van der Waals surface area contributed by atoms with Crippen LogP contribution in [0.1, 0.15) is 72.6 Å². The van der Waals surface area contributed by atoms with Crippen molar-refractivity contribution in [3.8, 4) is 0 Å². The Morgan fingerprint density at radius 2 is 1.91 bits per heavy atom. The molecule has 0 bridgehead atoms.